The molecule has 0 bridgehead atoms. The van der Waals surface area contributed by atoms with E-state index in [4.69, 9.17) is 4.74 Å². The number of hydrogen-bond acceptors (Lipinski definition) is 5. The van der Waals surface area contributed by atoms with Gasteiger partial charge >= 0.3 is 0 Å². The van der Waals surface area contributed by atoms with Crippen molar-refractivity contribution in [3.8, 4) is 28.4 Å². The third kappa shape index (κ3) is 4.40. The molecular formula is C29H22FN5O3S. The van der Waals surface area contributed by atoms with E-state index < -0.39 is 17.3 Å². The lowest BCUT2D eigenvalue weighted by atomic mass is 10.2. The minimum atomic E-state index is -0.669. The van der Waals surface area contributed by atoms with E-state index in [9.17, 15) is 9.59 Å². The lowest BCUT2D eigenvalue weighted by Gasteiger charge is -2.10. The van der Waals surface area contributed by atoms with Crippen LogP contribution in [0.25, 0.3) is 28.0 Å². The number of aromatic nitrogens is 4. The van der Waals surface area contributed by atoms with Crippen LogP contribution in [0.5, 0.6) is 11.5 Å². The summed E-state index contributed by atoms with van der Waals surface area (Å²) in [7, 11) is 1.70. The number of nitrogens with one attached hydrogen (secondary N) is 2. The van der Waals surface area contributed by atoms with Crippen LogP contribution in [0.4, 0.5) is 10.1 Å². The number of benzene rings is 2. The zero-order valence-corrected chi connectivity index (χ0v) is 21.8. The summed E-state index contributed by atoms with van der Waals surface area (Å²) in [5.41, 5.74) is 3.36. The smallest absolute Gasteiger partial charge is 0.284 e. The number of halogens is 1. The molecule has 0 aliphatic carbocycles. The van der Waals surface area contributed by atoms with Gasteiger partial charge in [-0.05, 0) is 54.8 Å². The number of thiophene rings is 1. The molecule has 10 heteroatoms. The Morgan fingerprint density at radius 3 is 2.64 bits per heavy atom. The van der Waals surface area contributed by atoms with Gasteiger partial charge in [0.25, 0.3) is 11.5 Å². The lowest BCUT2D eigenvalue weighted by Crippen LogP contribution is -2.25. The maximum atomic E-state index is 15.1. The molecule has 0 saturated heterocycles. The SMILES string of the molecule is Cc1c(C(=O)Nc2ccc(Oc3ccnc4[nH]c(-c5ccsc5)cc34)c(F)c2)c(=O)n(-c2ccccc2)n1C. The molecule has 4 aromatic heterocycles. The van der Waals surface area contributed by atoms with Crippen LogP contribution in [0.3, 0.4) is 0 Å². The second kappa shape index (κ2) is 9.73. The second-order valence-electron chi connectivity index (χ2n) is 8.90. The molecule has 2 aromatic carbocycles. The van der Waals surface area contributed by atoms with Crippen molar-refractivity contribution in [3.63, 3.8) is 0 Å². The van der Waals surface area contributed by atoms with Gasteiger partial charge in [-0.3, -0.25) is 14.3 Å². The lowest BCUT2D eigenvalue weighted by molar-refractivity contribution is 0.102. The van der Waals surface area contributed by atoms with Crippen LogP contribution >= 0.6 is 11.3 Å². The van der Waals surface area contributed by atoms with Crippen molar-refractivity contribution in [3.05, 3.63) is 111 Å². The Hall–Kier alpha value is -4.96. The Kier molecular flexibility index (Phi) is 6.08. The average molecular weight is 540 g/mol. The number of amides is 1. The number of pyridine rings is 1. The third-order valence-corrected chi connectivity index (χ3v) is 7.20. The molecule has 194 valence electrons. The summed E-state index contributed by atoms with van der Waals surface area (Å²) < 4.78 is 24.0. The highest BCUT2D eigenvalue weighted by molar-refractivity contribution is 7.08. The van der Waals surface area contributed by atoms with Crippen molar-refractivity contribution < 1.29 is 13.9 Å². The number of H-pyrrole nitrogens is 1. The monoisotopic (exact) mass is 539 g/mol. The molecule has 1 amide bonds. The van der Waals surface area contributed by atoms with Crippen LogP contribution in [-0.4, -0.2) is 25.2 Å². The normalized spacial score (nSPS) is 11.2. The second-order valence-corrected chi connectivity index (χ2v) is 9.68. The van der Waals surface area contributed by atoms with E-state index in [-0.39, 0.29) is 17.0 Å². The van der Waals surface area contributed by atoms with Crippen LogP contribution in [0.15, 0.2) is 88.5 Å². The van der Waals surface area contributed by atoms with Gasteiger partial charge in [0.1, 0.15) is 17.0 Å². The molecule has 0 aliphatic heterocycles. The van der Waals surface area contributed by atoms with Gasteiger partial charge in [-0.15, -0.1) is 0 Å². The van der Waals surface area contributed by atoms with E-state index in [0.29, 0.717) is 28.2 Å². The van der Waals surface area contributed by atoms with Crippen molar-refractivity contribution in [2.45, 2.75) is 6.92 Å². The first kappa shape index (κ1) is 24.4. The highest BCUT2D eigenvalue weighted by Gasteiger charge is 2.23. The quantitative estimate of drug-likeness (QED) is 0.261. The van der Waals surface area contributed by atoms with Gasteiger partial charge in [0.15, 0.2) is 11.6 Å². The first-order valence-electron chi connectivity index (χ1n) is 12.0. The number of anilines is 1. The number of para-hydroxylation sites is 1. The van der Waals surface area contributed by atoms with Crippen molar-refractivity contribution in [1.82, 2.24) is 19.3 Å². The predicted molar refractivity (Wildman–Crippen MR) is 150 cm³/mol. The number of fused-ring (bicyclic) bond motifs is 1. The topological polar surface area (TPSA) is 93.9 Å². The molecule has 0 atom stereocenters. The molecule has 6 rings (SSSR count). The number of rotatable bonds is 6. The molecule has 0 unspecified atom stereocenters. The zero-order chi connectivity index (χ0) is 27.1. The van der Waals surface area contributed by atoms with Crippen molar-refractivity contribution in [2.75, 3.05) is 5.32 Å². The van der Waals surface area contributed by atoms with E-state index in [2.05, 4.69) is 15.3 Å². The molecule has 8 nitrogen and oxygen atoms in total. The first-order valence-corrected chi connectivity index (χ1v) is 13.0. The van der Waals surface area contributed by atoms with Crippen LogP contribution in [0.1, 0.15) is 16.1 Å². The molecule has 0 aliphatic rings. The van der Waals surface area contributed by atoms with Gasteiger partial charge in [-0.1, -0.05) is 18.2 Å². The Morgan fingerprint density at radius 1 is 1.08 bits per heavy atom. The number of carbonyl (C=O) groups excluding carboxylic acids is 1. The van der Waals surface area contributed by atoms with Crippen LogP contribution < -0.4 is 15.6 Å². The summed E-state index contributed by atoms with van der Waals surface area (Å²) in [5.74, 6) is -0.867. The van der Waals surface area contributed by atoms with Gasteiger partial charge in [-0.2, -0.15) is 11.3 Å². The van der Waals surface area contributed by atoms with E-state index >= 15 is 4.39 Å². The summed E-state index contributed by atoms with van der Waals surface area (Å²) in [4.78, 5) is 33.8. The van der Waals surface area contributed by atoms with Crippen LogP contribution in [0, 0.1) is 12.7 Å². The van der Waals surface area contributed by atoms with Gasteiger partial charge in [0, 0.05) is 41.6 Å². The zero-order valence-electron chi connectivity index (χ0n) is 20.9. The van der Waals surface area contributed by atoms with Crippen LogP contribution in [0.2, 0.25) is 0 Å². The summed E-state index contributed by atoms with van der Waals surface area (Å²) >= 11 is 1.59. The standard InChI is InChI=1S/C29H22FN5O3S/c1-17-26(29(37)35(34(17)2)20-6-4-3-5-7-20)28(36)32-19-8-9-25(22(30)14-19)38-24-10-12-31-27-21(24)15-23(33-27)18-11-13-39-16-18/h3-16H,1-2H3,(H,31,33)(H,32,36). The number of nitrogens with zero attached hydrogens (tertiary/aromatic N) is 3. The maximum Gasteiger partial charge on any atom is 0.284 e. The summed E-state index contributed by atoms with van der Waals surface area (Å²) in [6.45, 7) is 1.69. The Morgan fingerprint density at radius 2 is 1.90 bits per heavy atom. The van der Waals surface area contributed by atoms with E-state index in [1.807, 2.05) is 41.1 Å². The predicted octanol–water partition coefficient (Wildman–Crippen LogP) is 6.27. The summed E-state index contributed by atoms with van der Waals surface area (Å²) in [5, 5.41) is 7.36. The molecule has 6 aromatic rings. The fraction of sp³-hybridized carbons (Fsp3) is 0.0690. The first-order chi connectivity index (χ1) is 18.9. The molecule has 0 saturated carbocycles. The molecule has 0 radical (unpaired) electrons. The molecule has 4 heterocycles. The average Bonchev–Trinajstić information content (AvgIpc) is 3.65. The Balaban J connectivity index is 1.25. The van der Waals surface area contributed by atoms with E-state index in [1.54, 1.807) is 54.4 Å². The summed E-state index contributed by atoms with van der Waals surface area (Å²) in [6, 6.07) is 18.7. The fourth-order valence-corrected chi connectivity index (χ4v) is 5.12. The molecule has 0 fully saturated rings. The Labute approximate surface area is 225 Å². The number of ether oxygens (including phenoxy) is 1. The molecular weight excluding hydrogens is 517 g/mol. The van der Waals surface area contributed by atoms with Gasteiger partial charge in [-0.25, -0.2) is 14.1 Å². The van der Waals surface area contributed by atoms with E-state index in [0.717, 1.165) is 17.3 Å². The van der Waals surface area contributed by atoms with Gasteiger partial charge in [0.05, 0.1) is 16.8 Å². The number of carbonyl (C=O) groups is 1. The maximum absolute atomic E-state index is 15.1. The van der Waals surface area contributed by atoms with Crippen molar-refractivity contribution in [2.24, 2.45) is 7.05 Å². The minimum Gasteiger partial charge on any atom is -0.453 e. The fourth-order valence-electron chi connectivity index (χ4n) is 4.47. The van der Waals surface area contributed by atoms with Crippen molar-refractivity contribution >= 4 is 34.0 Å². The van der Waals surface area contributed by atoms with E-state index in [1.165, 1.54) is 16.8 Å². The minimum absolute atomic E-state index is 0.0129. The number of hydrogen-bond donors (Lipinski definition) is 2. The summed E-state index contributed by atoms with van der Waals surface area (Å²) in [6.07, 6.45) is 1.59. The van der Waals surface area contributed by atoms with Crippen LogP contribution in [-0.2, 0) is 7.05 Å². The number of aromatic amines is 1. The molecule has 2 N–H and O–H groups in total. The molecule has 39 heavy (non-hydrogen) atoms. The van der Waals surface area contributed by atoms with Gasteiger partial charge in [0.2, 0.25) is 0 Å². The molecule has 0 spiro atoms. The van der Waals surface area contributed by atoms with Crippen molar-refractivity contribution in [1.29, 1.82) is 0 Å². The largest absolute Gasteiger partial charge is 0.453 e. The third-order valence-electron chi connectivity index (χ3n) is 6.51. The highest BCUT2D eigenvalue weighted by atomic mass is 32.1. The van der Waals surface area contributed by atoms with Gasteiger partial charge < -0.3 is 15.0 Å². The highest BCUT2D eigenvalue weighted by Crippen LogP contribution is 2.34. The Bertz CT molecular complexity index is 1890.